The van der Waals surface area contributed by atoms with E-state index >= 15 is 0 Å². The van der Waals surface area contributed by atoms with E-state index in [1.54, 1.807) is 0 Å². The van der Waals surface area contributed by atoms with Crippen molar-refractivity contribution in [3.05, 3.63) is 46.0 Å². The largest absolute Gasteiger partial charge is 0.0908 e. The van der Waals surface area contributed by atoms with Crippen molar-refractivity contribution in [3.8, 4) is 0 Å². The first-order valence-electron chi connectivity index (χ1n) is 6.27. The molecule has 2 heteroatoms. The number of allylic oxidation sites excluding steroid dienone is 2. The summed E-state index contributed by atoms with van der Waals surface area (Å²) in [4.78, 5) is 0. The molecule has 2 rings (SSSR count). The number of halogens is 2. The van der Waals surface area contributed by atoms with Crippen molar-refractivity contribution < 1.29 is 0 Å². The zero-order valence-electron chi connectivity index (χ0n) is 10.2. The Balaban J connectivity index is 2.41. The first-order chi connectivity index (χ1) is 8.18. The van der Waals surface area contributed by atoms with Gasteiger partial charge in [0.15, 0.2) is 0 Å². The molecule has 1 saturated carbocycles. The fourth-order valence-electron chi connectivity index (χ4n) is 2.86. The van der Waals surface area contributed by atoms with E-state index in [2.05, 4.69) is 25.1 Å². The molecule has 0 amide bonds. The highest BCUT2D eigenvalue weighted by atomic mass is 35.5. The number of hydrogen-bond donors (Lipinski definition) is 0. The van der Waals surface area contributed by atoms with Gasteiger partial charge in [-0.15, -0.1) is 0 Å². The van der Waals surface area contributed by atoms with Crippen LogP contribution in [0, 0.1) is 0 Å². The first kappa shape index (κ1) is 13.0. The van der Waals surface area contributed by atoms with Crippen LogP contribution < -0.4 is 0 Å². The Hall–Kier alpha value is -0.460. The standard InChI is InChI=1S/C15H18Cl2/c1-2-8-15(9-4-3-5-10-15)12-6-7-13(16)14(17)11-12/h2,6-8,11H,3-5,9-10H2,1H3/b8-2+. The van der Waals surface area contributed by atoms with Crippen LogP contribution in [0.3, 0.4) is 0 Å². The monoisotopic (exact) mass is 268 g/mol. The molecule has 0 radical (unpaired) electrons. The fourth-order valence-corrected chi connectivity index (χ4v) is 3.16. The van der Waals surface area contributed by atoms with Crippen LogP contribution in [0.2, 0.25) is 10.0 Å². The number of benzene rings is 1. The molecule has 0 spiro atoms. The smallest absolute Gasteiger partial charge is 0.0595 e. The Labute approximate surface area is 114 Å². The summed E-state index contributed by atoms with van der Waals surface area (Å²) in [7, 11) is 0. The molecule has 0 nitrogen and oxygen atoms in total. The zero-order chi connectivity index (χ0) is 12.3. The van der Waals surface area contributed by atoms with Gasteiger partial charge in [-0.25, -0.2) is 0 Å². The highest BCUT2D eigenvalue weighted by Crippen LogP contribution is 2.42. The maximum atomic E-state index is 6.14. The minimum Gasteiger partial charge on any atom is -0.0908 e. The summed E-state index contributed by atoms with van der Waals surface area (Å²) in [6.07, 6.45) is 10.9. The Morgan fingerprint density at radius 3 is 2.35 bits per heavy atom. The van der Waals surface area contributed by atoms with Crippen LogP contribution in [-0.4, -0.2) is 0 Å². The molecule has 0 bridgehead atoms. The normalized spacial score (nSPS) is 19.7. The Morgan fingerprint density at radius 1 is 1.06 bits per heavy atom. The lowest BCUT2D eigenvalue weighted by Gasteiger charge is -2.35. The van der Waals surface area contributed by atoms with Crippen LogP contribution in [0.15, 0.2) is 30.4 Å². The summed E-state index contributed by atoms with van der Waals surface area (Å²) < 4.78 is 0. The van der Waals surface area contributed by atoms with Gasteiger partial charge in [0, 0.05) is 5.41 Å². The van der Waals surface area contributed by atoms with E-state index in [1.165, 1.54) is 37.7 Å². The third kappa shape index (κ3) is 2.69. The zero-order valence-corrected chi connectivity index (χ0v) is 11.7. The van der Waals surface area contributed by atoms with Gasteiger partial charge in [0.1, 0.15) is 0 Å². The van der Waals surface area contributed by atoms with Gasteiger partial charge in [-0.2, -0.15) is 0 Å². The van der Waals surface area contributed by atoms with E-state index in [0.717, 1.165) is 0 Å². The number of hydrogen-bond acceptors (Lipinski definition) is 0. The van der Waals surface area contributed by atoms with E-state index < -0.39 is 0 Å². The highest BCUT2D eigenvalue weighted by molar-refractivity contribution is 6.42. The van der Waals surface area contributed by atoms with Crippen molar-refractivity contribution >= 4 is 23.2 Å². The first-order valence-corrected chi connectivity index (χ1v) is 7.03. The molecule has 0 aliphatic heterocycles. The molecule has 92 valence electrons. The summed E-state index contributed by atoms with van der Waals surface area (Å²) in [6, 6.07) is 6.08. The van der Waals surface area contributed by atoms with E-state index in [9.17, 15) is 0 Å². The summed E-state index contributed by atoms with van der Waals surface area (Å²) in [5, 5.41) is 1.31. The molecule has 0 unspecified atom stereocenters. The topological polar surface area (TPSA) is 0 Å². The molecule has 1 fully saturated rings. The van der Waals surface area contributed by atoms with Crippen molar-refractivity contribution in [1.82, 2.24) is 0 Å². The molecule has 0 saturated heterocycles. The molecule has 0 N–H and O–H groups in total. The van der Waals surface area contributed by atoms with Crippen LogP contribution >= 0.6 is 23.2 Å². The summed E-state index contributed by atoms with van der Waals surface area (Å²) >= 11 is 12.1. The molecule has 0 aromatic heterocycles. The average molecular weight is 269 g/mol. The van der Waals surface area contributed by atoms with Gasteiger partial charge < -0.3 is 0 Å². The lowest BCUT2D eigenvalue weighted by molar-refractivity contribution is 0.357. The molecule has 1 aromatic rings. The van der Waals surface area contributed by atoms with Crippen molar-refractivity contribution in [3.63, 3.8) is 0 Å². The van der Waals surface area contributed by atoms with Gasteiger partial charge in [-0.3, -0.25) is 0 Å². The molecule has 1 aliphatic rings. The fraction of sp³-hybridized carbons (Fsp3) is 0.467. The van der Waals surface area contributed by atoms with E-state index in [-0.39, 0.29) is 5.41 Å². The summed E-state index contributed by atoms with van der Waals surface area (Å²) in [6.45, 7) is 2.09. The minimum absolute atomic E-state index is 0.182. The van der Waals surface area contributed by atoms with Gasteiger partial charge in [0.2, 0.25) is 0 Å². The minimum atomic E-state index is 0.182. The number of rotatable bonds is 2. The van der Waals surface area contributed by atoms with E-state index in [0.29, 0.717) is 10.0 Å². The van der Waals surface area contributed by atoms with Crippen molar-refractivity contribution in [2.24, 2.45) is 0 Å². The van der Waals surface area contributed by atoms with Gasteiger partial charge in [0.05, 0.1) is 10.0 Å². The Morgan fingerprint density at radius 2 is 1.76 bits per heavy atom. The highest BCUT2D eigenvalue weighted by Gasteiger charge is 2.31. The lowest BCUT2D eigenvalue weighted by Crippen LogP contribution is -2.26. The average Bonchev–Trinajstić information content (AvgIpc) is 2.34. The third-order valence-corrected chi connectivity index (χ3v) is 4.47. The van der Waals surface area contributed by atoms with E-state index in [4.69, 9.17) is 23.2 Å². The second-order valence-electron chi connectivity index (χ2n) is 4.85. The molecular weight excluding hydrogens is 251 g/mol. The Kier molecular flexibility index (Phi) is 4.17. The maximum absolute atomic E-state index is 6.14. The van der Waals surface area contributed by atoms with E-state index in [1.807, 2.05) is 12.1 Å². The molecule has 17 heavy (non-hydrogen) atoms. The van der Waals surface area contributed by atoms with Gasteiger partial charge in [0.25, 0.3) is 0 Å². The predicted molar refractivity (Wildman–Crippen MR) is 76.0 cm³/mol. The second kappa shape index (κ2) is 5.46. The molecule has 1 aliphatic carbocycles. The SMILES string of the molecule is C/C=C/C1(c2ccc(Cl)c(Cl)c2)CCCCC1. The van der Waals surface area contributed by atoms with Crippen molar-refractivity contribution in [2.45, 2.75) is 44.4 Å². The van der Waals surface area contributed by atoms with Crippen LogP contribution in [0.25, 0.3) is 0 Å². The van der Waals surface area contributed by atoms with Gasteiger partial charge in [-0.1, -0.05) is 60.7 Å². The Bertz CT molecular complexity index is 415. The quantitative estimate of drug-likeness (QED) is 0.598. The third-order valence-electron chi connectivity index (χ3n) is 3.73. The maximum Gasteiger partial charge on any atom is 0.0595 e. The lowest BCUT2D eigenvalue weighted by atomic mass is 9.69. The van der Waals surface area contributed by atoms with Gasteiger partial charge in [-0.05, 0) is 37.5 Å². The molecular formula is C15H18Cl2. The van der Waals surface area contributed by atoms with Gasteiger partial charge >= 0.3 is 0 Å². The molecule has 0 atom stereocenters. The predicted octanol–water partition coefficient (Wildman–Crippen LogP) is 5.77. The van der Waals surface area contributed by atoms with Crippen molar-refractivity contribution in [1.29, 1.82) is 0 Å². The van der Waals surface area contributed by atoms with Crippen LogP contribution in [0.5, 0.6) is 0 Å². The van der Waals surface area contributed by atoms with Crippen LogP contribution in [-0.2, 0) is 5.41 Å². The van der Waals surface area contributed by atoms with Crippen LogP contribution in [0.4, 0.5) is 0 Å². The molecule has 0 heterocycles. The molecule has 1 aromatic carbocycles. The summed E-state index contributed by atoms with van der Waals surface area (Å²) in [5.74, 6) is 0. The van der Waals surface area contributed by atoms with Crippen LogP contribution in [0.1, 0.15) is 44.6 Å². The summed E-state index contributed by atoms with van der Waals surface area (Å²) in [5.41, 5.74) is 1.49. The second-order valence-corrected chi connectivity index (χ2v) is 5.66. The van der Waals surface area contributed by atoms with Crippen molar-refractivity contribution in [2.75, 3.05) is 0 Å².